The molecule has 1 aromatic carbocycles. The Morgan fingerprint density at radius 1 is 1.13 bits per heavy atom. The normalized spacial score (nSPS) is 11.1. The zero-order valence-electron chi connectivity index (χ0n) is 8.69. The molecule has 0 unspecified atom stereocenters. The van der Waals surface area contributed by atoms with Crippen molar-refractivity contribution in [3.63, 3.8) is 0 Å². The Balaban J connectivity index is 2.68. The van der Waals surface area contributed by atoms with E-state index in [1.54, 1.807) is 12.1 Å². The van der Waals surface area contributed by atoms with Crippen molar-refractivity contribution in [2.24, 2.45) is 5.92 Å². The van der Waals surface area contributed by atoms with Crippen LogP contribution in [0.5, 0.6) is 0 Å². The van der Waals surface area contributed by atoms with E-state index < -0.39 is 0 Å². The molecule has 1 nitrogen and oxygen atoms in total. The van der Waals surface area contributed by atoms with Gasteiger partial charge in [0, 0.05) is 27.2 Å². The second-order valence-corrected chi connectivity index (χ2v) is 5.01. The molecule has 0 amide bonds. The minimum Gasteiger partial charge on any atom is -0.376 e. The van der Waals surface area contributed by atoms with Crippen molar-refractivity contribution in [2.75, 3.05) is 6.61 Å². The molecule has 4 heteroatoms. The number of hydrogen-bond donors (Lipinski definition) is 0. The molecule has 15 heavy (non-hydrogen) atoms. The third-order valence-electron chi connectivity index (χ3n) is 1.80. The number of hydrogen-bond acceptors (Lipinski definition) is 1. The summed E-state index contributed by atoms with van der Waals surface area (Å²) in [5.74, 6) is 0.495. The van der Waals surface area contributed by atoms with Crippen molar-refractivity contribution in [2.45, 2.75) is 20.5 Å². The molecular weight excluding hydrogens is 254 g/mol. The monoisotopic (exact) mass is 266 g/mol. The summed E-state index contributed by atoms with van der Waals surface area (Å²) >= 11 is 17.8. The maximum absolute atomic E-state index is 6.00. The fourth-order valence-corrected chi connectivity index (χ4v) is 2.03. The Morgan fingerprint density at radius 3 is 2.13 bits per heavy atom. The van der Waals surface area contributed by atoms with Crippen LogP contribution in [0.2, 0.25) is 15.1 Å². The van der Waals surface area contributed by atoms with Crippen molar-refractivity contribution < 1.29 is 4.74 Å². The van der Waals surface area contributed by atoms with E-state index in [0.29, 0.717) is 34.2 Å². The maximum atomic E-state index is 6.00. The van der Waals surface area contributed by atoms with Crippen LogP contribution < -0.4 is 0 Å². The molecule has 0 aliphatic heterocycles. The van der Waals surface area contributed by atoms with Gasteiger partial charge >= 0.3 is 0 Å². The van der Waals surface area contributed by atoms with Crippen LogP contribution >= 0.6 is 34.8 Å². The maximum Gasteiger partial charge on any atom is 0.0746 e. The van der Waals surface area contributed by atoms with Gasteiger partial charge in [-0.3, -0.25) is 0 Å². The van der Waals surface area contributed by atoms with E-state index in [2.05, 4.69) is 13.8 Å². The van der Waals surface area contributed by atoms with Crippen molar-refractivity contribution in [1.82, 2.24) is 0 Å². The first kappa shape index (κ1) is 13.1. The SMILES string of the molecule is CC(C)COCc1c(Cl)cc(Cl)cc1Cl. The zero-order valence-corrected chi connectivity index (χ0v) is 11.0. The van der Waals surface area contributed by atoms with Gasteiger partial charge < -0.3 is 4.74 Å². The highest BCUT2D eigenvalue weighted by Crippen LogP contribution is 2.29. The highest BCUT2D eigenvalue weighted by atomic mass is 35.5. The molecule has 84 valence electrons. The number of halogens is 3. The van der Waals surface area contributed by atoms with E-state index in [1.807, 2.05) is 0 Å². The first-order valence-electron chi connectivity index (χ1n) is 4.72. The van der Waals surface area contributed by atoms with Gasteiger partial charge in [0.25, 0.3) is 0 Å². The number of ether oxygens (including phenoxy) is 1. The number of rotatable bonds is 4. The molecule has 1 aromatic rings. The van der Waals surface area contributed by atoms with Gasteiger partial charge in [-0.25, -0.2) is 0 Å². The first-order chi connectivity index (χ1) is 7.00. The van der Waals surface area contributed by atoms with Crippen LogP contribution in [0.3, 0.4) is 0 Å². The molecular formula is C11H13Cl3O. The van der Waals surface area contributed by atoms with Gasteiger partial charge in [0.2, 0.25) is 0 Å². The highest BCUT2D eigenvalue weighted by molar-refractivity contribution is 6.39. The van der Waals surface area contributed by atoms with E-state index in [-0.39, 0.29) is 0 Å². The molecule has 0 radical (unpaired) electrons. The minimum absolute atomic E-state index is 0.424. The van der Waals surface area contributed by atoms with Crippen LogP contribution in [0.1, 0.15) is 19.4 Å². The van der Waals surface area contributed by atoms with E-state index in [9.17, 15) is 0 Å². The van der Waals surface area contributed by atoms with E-state index >= 15 is 0 Å². The van der Waals surface area contributed by atoms with Crippen LogP contribution in [-0.2, 0) is 11.3 Å². The molecule has 0 atom stereocenters. The molecule has 0 aromatic heterocycles. The Morgan fingerprint density at radius 2 is 1.67 bits per heavy atom. The molecule has 0 aliphatic carbocycles. The summed E-state index contributed by atoms with van der Waals surface area (Å²) in [6.45, 7) is 5.29. The fourth-order valence-electron chi connectivity index (χ4n) is 1.11. The van der Waals surface area contributed by atoms with Crippen molar-refractivity contribution in [3.05, 3.63) is 32.8 Å². The lowest BCUT2D eigenvalue weighted by molar-refractivity contribution is 0.0972. The summed E-state index contributed by atoms with van der Waals surface area (Å²) in [4.78, 5) is 0. The second-order valence-electron chi connectivity index (χ2n) is 3.76. The largest absolute Gasteiger partial charge is 0.376 e. The third kappa shape index (κ3) is 4.20. The fraction of sp³-hybridized carbons (Fsp3) is 0.455. The highest BCUT2D eigenvalue weighted by Gasteiger charge is 2.08. The molecule has 0 bridgehead atoms. The molecule has 0 aliphatic rings. The molecule has 0 saturated carbocycles. The zero-order chi connectivity index (χ0) is 11.4. The van der Waals surface area contributed by atoms with Gasteiger partial charge in [-0.1, -0.05) is 48.7 Å². The summed E-state index contributed by atoms with van der Waals surface area (Å²) in [6.07, 6.45) is 0. The van der Waals surface area contributed by atoms with Crippen LogP contribution in [0.25, 0.3) is 0 Å². The first-order valence-corrected chi connectivity index (χ1v) is 5.85. The second kappa shape index (κ2) is 5.95. The van der Waals surface area contributed by atoms with Gasteiger partial charge in [0.05, 0.1) is 6.61 Å². The van der Waals surface area contributed by atoms with Crippen LogP contribution in [0.4, 0.5) is 0 Å². The van der Waals surface area contributed by atoms with Crippen LogP contribution in [0.15, 0.2) is 12.1 Å². The molecule has 0 fully saturated rings. The molecule has 0 spiro atoms. The van der Waals surface area contributed by atoms with Gasteiger partial charge in [-0.05, 0) is 18.1 Å². The molecule has 0 N–H and O–H groups in total. The Bertz CT molecular complexity index is 314. The summed E-state index contributed by atoms with van der Waals surface area (Å²) < 4.78 is 5.47. The standard InChI is InChI=1S/C11H13Cl3O/c1-7(2)5-15-6-9-10(13)3-8(12)4-11(9)14/h3-4,7H,5-6H2,1-2H3. The van der Waals surface area contributed by atoms with Crippen LogP contribution in [-0.4, -0.2) is 6.61 Å². The minimum atomic E-state index is 0.424. The molecule has 0 heterocycles. The van der Waals surface area contributed by atoms with Gasteiger partial charge in [0.1, 0.15) is 0 Å². The Kier molecular flexibility index (Phi) is 5.20. The van der Waals surface area contributed by atoms with E-state index in [4.69, 9.17) is 39.5 Å². The molecule has 0 saturated heterocycles. The van der Waals surface area contributed by atoms with Gasteiger partial charge in [-0.2, -0.15) is 0 Å². The predicted octanol–water partition coefficient (Wildman–Crippen LogP) is 4.82. The smallest absolute Gasteiger partial charge is 0.0746 e. The van der Waals surface area contributed by atoms with Crippen LogP contribution in [0, 0.1) is 5.92 Å². The van der Waals surface area contributed by atoms with Crippen molar-refractivity contribution in [3.8, 4) is 0 Å². The summed E-state index contributed by atoms with van der Waals surface area (Å²) in [7, 11) is 0. The lowest BCUT2D eigenvalue weighted by Gasteiger charge is -2.10. The Hall–Kier alpha value is 0.0500. The average Bonchev–Trinajstić information content (AvgIpc) is 2.08. The topological polar surface area (TPSA) is 9.23 Å². The quantitative estimate of drug-likeness (QED) is 0.760. The van der Waals surface area contributed by atoms with E-state index in [1.165, 1.54) is 0 Å². The van der Waals surface area contributed by atoms with Crippen molar-refractivity contribution >= 4 is 34.8 Å². The predicted molar refractivity (Wildman–Crippen MR) is 66.0 cm³/mol. The lowest BCUT2D eigenvalue weighted by Crippen LogP contribution is -2.02. The van der Waals surface area contributed by atoms with Gasteiger partial charge in [-0.15, -0.1) is 0 Å². The number of benzene rings is 1. The Labute approximate surface area is 105 Å². The third-order valence-corrected chi connectivity index (χ3v) is 2.70. The van der Waals surface area contributed by atoms with Gasteiger partial charge in [0.15, 0.2) is 0 Å². The van der Waals surface area contributed by atoms with Crippen molar-refractivity contribution in [1.29, 1.82) is 0 Å². The summed E-state index contributed by atoms with van der Waals surface area (Å²) in [6, 6.07) is 3.34. The average molecular weight is 268 g/mol. The summed E-state index contributed by atoms with van der Waals surface area (Å²) in [5, 5.41) is 1.64. The molecule has 1 rings (SSSR count). The lowest BCUT2D eigenvalue weighted by atomic mass is 10.2. The van der Waals surface area contributed by atoms with E-state index in [0.717, 1.165) is 5.56 Å². The summed E-state index contributed by atoms with van der Waals surface area (Å²) in [5.41, 5.74) is 0.795.